The number of rotatable bonds is 9. The maximum atomic E-state index is 13.7. The van der Waals surface area contributed by atoms with Crippen LogP contribution >= 0.6 is 34.8 Å². The zero-order valence-corrected chi connectivity index (χ0v) is 22.5. The van der Waals surface area contributed by atoms with Gasteiger partial charge in [0.2, 0.25) is 0 Å². The summed E-state index contributed by atoms with van der Waals surface area (Å²) < 4.78 is 106. The van der Waals surface area contributed by atoms with Crippen molar-refractivity contribution in [3.63, 3.8) is 0 Å². The summed E-state index contributed by atoms with van der Waals surface area (Å²) in [7, 11) is -3.64. The van der Waals surface area contributed by atoms with Crippen LogP contribution < -0.4 is 5.32 Å². The van der Waals surface area contributed by atoms with Crippen molar-refractivity contribution in [3.05, 3.63) is 86.4 Å². The lowest BCUT2D eigenvalue weighted by Crippen LogP contribution is -2.38. The fourth-order valence-corrected chi connectivity index (χ4v) is 5.39. The number of alkyl halides is 6. The van der Waals surface area contributed by atoms with Gasteiger partial charge < -0.3 is 5.32 Å². The lowest BCUT2D eigenvalue weighted by atomic mass is 9.96. The minimum absolute atomic E-state index is 0.154. The average Bonchev–Trinajstić information content (AvgIpc) is 2.75. The van der Waals surface area contributed by atoms with Crippen LogP contribution in [-0.4, -0.2) is 38.0 Å². The molecule has 1 N–H and O–H groups in total. The van der Waals surface area contributed by atoms with E-state index in [1.165, 1.54) is 6.92 Å². The molecule has 2 rings (SSSR count). The highest BCUT2D eigenvalue weighted by Crippen LogP contribution is 2.41. The quantitative estimate of drug-likeness (QED) is 0.177. The zero-order chi connectivity index (χ0) is 29.1. The normalized spacial score (nSPS) is 14.4. The highest BCUT2D eigenvalue weighted by molar-refractivity contribution is 7.91. The Bertz CT molecular complexity index is 1320. The van der Waals surface area contributed by atoms with Gasteiger partial charge >= 0.3 is 12.4 Å². The van der Waals surface area contributed by atoms with E-state index in [0.717, 1.165) is 36.4 Å². The number of sulfone groups is 1. The number of nitrogens with one attached hydrogen (secondary N) is 1. The fraction of sp³-hybridized carbons (Fsp3) is 0.292. The Kier molecular flexibility index (Phi) is 10.4. The summed E-state index contributed by atoms with van der Waals surface area (Å²) in [6.07, 6.45) is -7.33. The van der Waals surface area contributed by atoms with Crippen molar-refractivity contribution in [1.82, 2.24) is 5.32 Å². The summed E-state index contributed by atoms with van der Waals surface area (Å²) in [6, 6.07) is 3.20. The van der Waals surface area contributed by atoms with Gasteiger partial charge in [0.15, 0.2) is 9.84 Å². The predicted molar refractivity (Wildman–Crippen MR) is 137 cm³/mol. The Balaban J connectivity index is 2.42. The third-order valence-corrected chi connectivity index (χ3v) is 7.99. The van der Waals surface area contributed by atoms with Crippen molar-refractivity contribution in [1.29, 1.82) is 0 Å². The molecule has 0 saturated heterocycles. The van der Waals surface area contributed by atoms with Crippen LogP contribution in [0, 0.1) is 0 Å². The van der Waals surface area contributed by atoms with E-state index in [-0.39, 0.29) is 31.9 Å². The molecule has 2 atom stereocenters. The van der Waals surface area contributed by atoms with E-state index in [0.29, 0.717) is 12.1 Å². The zero-order valence-electron chi connectivity index (χ0n) is 19.4. The first-order valence-corrected chi connectivity index (χ1v) is 13.5. The maximum Gasteiger partial charge on any atom is 0.417 e. The van der Waals surface area contributed by atoms with Gasteiger partial charge in [-0.15, -0.1) is 6.58 Å². The van der Waals surface area contributed by atoms with Gasteiger partial charge in [-0.05, 0) is 42.3 Å². The van der Waals surface area contributed by atoms with Crippen molar-refractivity contribution in [2.45, 2.75) is 31.2 Å². The van der Waals surface area contributed by atoms with Crippen molar-refractivity contribution >= 4 is 56.6 Å². The van der Waals surface area contributed by atoms with Gasteiger partial charge in [0, 0.05) is 6.04 Å². The molecule has 0 spiro atoms. The second kappa shape index (κ2) is 12.3. The Labute approximate surface area is 230 Å². The summed E-state index contributed by atoms with van der Waals surface area (Å²) in [4.78, 5) is 12.5. The Morgan fingerprint density at radius 3 is 2.13 bits per heavy atom. The molecule has 14 heteroatoms. The smallest absolute Gasteiger partial charge is 0.349 e. The number of carbonyl (C=O) groups excluding carboxylic acids is 1. The van der Waals surface area contributed by atoms with E-state index < -0.39 is 56.9 Å². The molecular weight excluding hydrogens is 603 g/mol. The van der Waals surface area contributed by atoms with Crippen LogP contribution in [-0.2, 0) is 16.0 Å². The minimum atomic E-state index is -5.05. The largest absolute Gasteiger partial charge is 0.417 e. The standard InChI is InChI=1S/C24H20Cl3F6NO3S/c1-3-8-38(36,37)12-13(2)34-22(35)16-6-4-14(9-18(16)24(31,32)33)5-7-17(23(28,29)30)15-10-19(25)21(27)20(26)11-15/h3-7,9-11,13,17H,1,8,12H2,2H3,(H,34,35)/b7-5+. The van der Waals surface area contributed by atoms with Crippen LogP contribution in [0.25, 0.3) is 6.08 Å². The molecule has 0 aliphatic heterocycles. The second-order valence-electron chi connectivity index (χ2n) is 8.22. The summed E-state index contributed by atoms with van der Waals surface area (Å²) in [5.74, 6) is -4.40. The number of halogens is 9. The topological polar surface area (TPSA) is 63.2 Å². The molecule has 1 amide bonds. The summed E-state index contributed by atoms with van der Waals surface area (Å²) in [5.41, 5.74) is -2.91. The third-order valence-electron chi connectivity index (χ3n) is 5.05. The molecule has 38 heavy (non-hydrogen) atoms. The second-order valence-corrected chi connectivity index (χ2v) is 11.6. The molecule has 0 fully saturated rings. The van der Waals surface area contributed by atoms with E-state index in [1.54, 1.807) is 0 Å². The fourth-order valence-electron chi connectivity index (χ4n) is 3.44. The van der Waals surface area contributed by atoms with Gasteiger partial charge in [0.25, 0.3) is 5.91 Å². The average molecular weight is 623 g/mol. The first-order chi connectivity index (χ1) is 17.4. The number of benzene rings is 2. The van der Waals surface area contributed by atoms with Gasteiger partial charge in [0.1, 0.15) is 0 Å². The molecule has 0 bridgehead atoms. The molecule has 0 aromatic heterocycles. The summed E-state index contributed by atoms with van der Waals surface area (Å²) >= 11 is 17.4. The van der Waals surface area contributed by atoms with Crippen LogP contribution in [0.1, 0.15) is 39.9 Å². The third kappa shape index (κ3) is 8.65. The van der Waals surface area contributed by atoms with E-state index >= 15 is 0 Å². The number of amides is 1. The van der Waals surface area contributed by atoms with Gasteiger partial charge in [0.05, 0.1) is 43.6 Å². The van der Waals surface area contributed by atoms with Crippen LogP contribution in [0.3, 0.4) is 0 Å². The highest BCUT2D eigenvalue weighted by Gasteiger charge is 2.40. The lowest BCUT2D eigenvalue weighted by Gasteiger charge is -2.19. The van der Waals surface area contributed by atoms with Crippen molar-refractivity contribution in [2.24, 2.45) is 0 Å². The van der Waals surface area contributed by atoms with Gasteiger partial charge in [-0.1, -0.05) is 59.1 Å². The SMILES string of the molecule is C=CCS(=O)(=O)CC(C)NC(=O)c1ccc(/C=C/C(c2cc(Cl)c(Cl)c(Cl)c2)C(F)(F)F)cc1C(F)(F)F. The number of hydrogen-bond donors (Lipinski definition) is 1. The lowest BCUT2D eigenvalue weighted by molar-refractivity contribution is -0.139. The van der Waals surface area contributed by atoms with Crippen molar-refractivity contribution < 1.29 is 39.6 Å². The van der Waals surface area contributed by atoms with Crippen molar-refractivity contribution in [3.8, 4) is 0 Å². The molecular formula is C24H20Cl3F6NO3S. The van der Waals surface area contributed by atoms with Crippen LogP contribution in [0.5, 0.6) is 0 Å². The van der Waals surface area contributed by atoms with E-state index in [4.69, 9.17) is 34.8 Å². The molecule has 0 aliphatic rings. The molecule has 2 aromatic rings. The minimum Gasteiger partial charge on any atom is -0.349 e. The Hall–Kier alpha value is -2.21. The van der Waals surface area contributed by atoms with Crippen LogP contribution in [0.15, 0.2) is 49.1 Å². The molecule has 208 valence electrons. The van der Waals surface area contributed by atoms with E-state index in [2.05, 4.69) is 11.9 Å². The van der Waals surface area contributed by atoms with E-state index in [1.807, 2.05) is 0 Å². The Morgan fingerprint density at radius 1 is 1.05 bits per heavy atom. The summed E-state index contributed by atoms with van der Waals surface area (Å²) in [6.45, 7) is 4.60. The van der Waals surface area contributed by atoms with Crippen LogP contribution in [0.2, 0.25) is 15.1 Å². The number of hydrogen-bond acceptors (Lipinski definition) is 3. The van der Waals surface area contributed by atoms with Gasteiger partial charge in [-0.25, -0.2) is 8.42 Å². The first kappa shape index (κ1) is 32.0. The van der Waals surface area contributed by atoms with Gasteiger partial charge in [-0.2, -0.15) is 26.3 Å². The monoisotopic (exact) mass is 621 g/mol. The summed E-state index contributed by atoms with van der Waals surface area (Å²) in [5, 5.41) is 1.56. The maximum absolute atomic E-state index is 13.7. The first-order valence-electron chi connectivity index (χ1n) is 10.6. The number of allylic oxidation sites excluding steroid dienone is 1. The molecule has 0 saturated carbocycles. The van der Waals surface area contributed by atoms with Crippen molar-refractivity contribution in [2.75, 3.05) is 11.5 Å². The molecule has 0 aliphatic carbocycles. The predicted octanol–water partition coefficient (Wildman–Crippen LogP) is 7.74. The molecule has 0 heterocycles. The highest BCUT2D eigenvalue weighted by atomic mass is 35.5. The molecule has 2 aromatic carbocycles. The number of carbonyl (C=O) groups is 1. The Morgan fingerprint density at radius 2 is 1.63 bits per heavy atom. The molecule has 2 unspecified atom stereocenters. The van der Waals surface area contributed by atoms with Crippen LogP contribution in [0.4, 0.5) is 26.3 Å². The molecule has 0 radical (unpaired) electrons. The van der Waals surface area contributed by atoms with Gasteiger partial charge in [-0.3, -0.25) is 4.79 Å². The van der Waals surface area contributed by atoms with E-state index in [9.17, 15) is 39.6 Å². The molecule has 4 nitrogen and oxygen atoms in total.